The lowest BCUT2D eigenvalue weighted by Gasteiger charge is -2.27. The Labute approximate surface area is 101 Å². The lowest BCUT2D eigenvalue weighted by atomic mass is 10.1. The lowest BCUT2D eigenvalue weighted by molar-refractivity contribution is 0.101. The molecule has 1 fully saturated rings. The number of carbonyl (C=O) groups excluding carboxylic acids is 1. The highest BCUT2D eigenvalue weighted by Crippen LogP contribution is 2.10. The van der Waals surface area contributed by atoms with Crippen LogP contribution in [0.15, 0.2) is 6.20 Å². The summed E-state index contributed by atoms with van der Waals surface area (Å²) in [5.74, 6) is 0.760. The van der Waals surface area contributed by atoms with Gasteiger partial charge in [0, 0.05) is 38.9 Å². The number of hydrogen-bond donors (Lipinski definition) is 1. The summed E-state index contributed by atoms with van der Waals surface area (Å²) in [6.07, 6.45) is 1.64. The van der Waals surface area contributed by atoms with E-state index < -0.39 is 0 Å². The molecule has 17 heavy (non-hydrogen) atoms. The van der Waals surface area contributed by atoms with E-state index >= 15 is 0 Å². The molecule has 0 unspecified atom stereocenters. The first-order valence-corrected chi connectivity index (χ1v) is 5.93. The zero-order valence-electron chi connectivity index (χ0n) is 10.4. The number of nitrogens with zero attached hydrogens (tertiary/aromatic N) is 3. The first-order chi connectivity index (χ1) is 8.16. The summed E-state index contributed by atoms with van der Waals surface area (Å²) < 4.78 is 0. The van der Waals surface area contributed by atoms with Crippen LogP contribution >= 0.6 is 0 Å². The van der Waals surface area contributed by atoms with Crippen molar-refractivity contribution in [1.82, 2.24) is 20.2 Å². The van der Waals surface area contributed by atoms with Gasteiger partial charge in [-0.05, 0) is 13.8 Å². The van der Waals surface area contributed by atoms with Crippen molar-refractivity contribution in [2.75, 3.05) is 26.2 Å². The number of carbonyl (C=O) groups is 1. The van der Waals surface area contributed by atoms with Crippen LogP contribution in [0.5, 0.6) is 0 Å². The average molecular weight is 234 g/mol. The molecule has 92 valence electrons. The second kappa shape index (κ2) is 5.33. The van der Waals surface area contributed by atoms with Gasteiger partial charge in [-0.15, -0.1) is 0 Å². The number of Topliss-reactive ketones (excluding diaryl/α,β-unsaturated/α-hetero) is 1. The number of aryl methyl sites for hydroxylation is 1. The second-order valence-corrected chi connectivity index (χ2v) is 4.36. The first-order valence-electron chi connectivity index (χ1n) is 5.93. The third kappa shape index (κ3) is 3.08. The van der Waals surface area contributed by atoms with Crippen LogP contribution in [-0.2, 0) is 6.54 Å². The highest BCUT2D eigenvalue weighted by atomic mass is 16.1. The molecule has 2 rings (SSSR count). The Kier molecular flexibility index (Phi) is 3.81. The first kappa shape index (κ1) is 12.1. The minimum absolute atomic E-state index is 0.0372. The zero-order valence-corrected chi connectivity index (χ0v) is 10.4. The molecule has 1 N–H and O–H groups in total. The van der Waals surface area contributed by atoms with Crippen LogP contribution in [0.3, 0.4) is 0 Å². The maximum Gasteiger partial charge on any atom is 0.163 e. The molecule has 5 nitrogen and oxygen atoms in total. The number of ketones is 1. The molecule has 0 aliphatic carbocycles. The second-order valence-electron chi connectivity index (χ2n) is 4.36. The third-order valence-corrected chi connectivity index (χ3v) is 2.95. The van der Waals surface area contributed by atoms with Gasteiger partial charge in [0.1, 0.15) is 5.82 Å². The van der Waals surface area contributed by atoms with Gasteiger partial charge in [-0.3, -0.25) is 9.69 Å². The number of hydrogen-bond acceptors (Lipinski definition) is 5. The van der Waals surface area contributed by atoms with Crippen molar-refractivity contribution in [3.8, 4) is 0 Å². The van der Waals surface area contributed by atoms with Crippen molar-refractivity contribution < 1.29 is 4.79 Å². The fraction of sp³-hybridized carbons (Fsp3) is 0.583. The minimum atomic E-state index is 0.0372. The summed E-state index contributed by atoms with van der Waals surface area (Å²) in [7, 11) is 0. The van der Waals surface area contributed by atoms with E-state index in [2.05, 4.69) is 20.2 Å². The van der Waals surface area contributed by atoms with Crippen molar-refractivity contribution in [3.05, 3.63) is 23.3 Å². The predicted molar refractivity (Wildman–Crippen MR) is 64.9 cm³/mol. The molecule has 0 bridgehead atoms. The van der Waals surface area contributed by atoms with E-state index in [0.717, 1.165) is 44.2 Å². The quantitative estimate of drug-likeness (QED) is 0.767. The van der Waals surface area contributed by atoms with Gasteiger partial charge in [-0.1, -0.05) is 0 Å². The van der Waals surface area contributed by atoms with Crippen LogP contribution in [0.2, 0.25) is 0 Å². The summed E-state index contributed by atoms with van der Waals surface area (Å²) in [4.78, 5) is 22.3. The number of piperazine rings is 1. The molecule has 0 spiro atoms. The topological polar surface area (TPSA) is 58.1 Å². The molecule has 2 heterocycles. The van der Waals surface area contributed by atoms with E-state index in [1.165, 1.54) is 0 Å². The fourth-order valence-electron chi connectivity index (χ4n) is 2.01. The molecule has 0 atom stereocenters. The van der Waals surface area contributed by atoms with Crippen LogP contribution in [0.25, 0.3) is 0 Å². The summed E-state index contributed by atoms with van der Waals surface area (Å²) in [5, 5.41) is 3.31. The smallest absolute Gasteiger partial charge is 0.163 e. The summed E-state index contributed by atoms with van der Waals surface area (Å²) in [6.45, 7) is 8.15. The molecule has 5 heteroatoms. The highest BCUT2D eigenvalue weighted by Gasteiger charge is 2.15. The van der Waals surface area contributed by atoms with E-state index in [0.29, 0.717) is 5.56 Å². The van der Waals surface area contributed by atoms with Gasteiger partial charge >= 0.3 is 0 Å². The zero-order chi connectivity index (χ0) is 12.3. The monoisotopic (exact) mass is 234 g/mol. The molecule has 1 aliphatic rings. The van der Waals surface area contributed by atoms with Crippen molar-refractivity contribution in [3.63, 3.8) is 0 Å². The van der Waals surface area contributed by atoms with Gasteiger partial charge in [-0.25, -0.2) is 9.97 Å². The molecule has 1 saturated heterocycles. The third-order valence-electron chi connectivity index (χ3n) is 2.95. The van der Waals surface area contributed by atoms with Gasteiger partial charge in [-0.2, -0.15) is 0 Å². The van der Waals surface area contributed by atoms with E-state index in [-0.39, 0.29) is 5.78 Å². The van der Waals surface area contributed by atoms with Crippen molar-refractivity contribution in [1.29, 1.82) is 0 Å². The van der Waals surface area contributed by atoms with Crippen LogP contribution in [-0.4, -0.2) is 46.8 Å². The van der Waals surface area contributed by atoms with Crippen LogP contribution in [0.4, 0.5) is 0 Å². The Morgan fingerprint density at radius 1 is 1.47 bits per heavy atom. The Morgan fingerprint density at radius 2 is 2.18 bits per heavy atom. The number of nitrogens with one attached hydrogen (secondary N) is 1. The largest absolute Gasteiger partial charge is 0.314 e. The SMILES string of the molecule is CC(=O)c1cnc(C)nc1CN1CCNCC1. The molecule has 0 saturated carbocycles. The molecule has 1 aliphatic heterocycles. The Balaban J connectivity index is 2.17. The highest BCUT2D eigenvalue weighted by molar-refractivity contribution is 5.94. The van der Waals surface area contributed by atoms with E-state index in [1.54, 1.807) is 13.1 Å². The molecule has 1 aromatic heterocycles. The summed E-state index contributed by atoms with van der Waals surface area (Å²) in [5.41, 5.74) is 1.50. The summed E-state index contributed by atoms with van der Waals surface area (Å²) in [6, 6.07) is 0. The molecule has 0 aromatic carbocycles. The predicted octanol–water partition coefficient (Wildman–Crippen LogP) is 0.393. The van der Waals surface area contributed by atoms with Gasteiger partial charge < -0.3 is 5.32 Å². The number of rotatable bonds is 3. The molecule has 0 amide bonds. The van der Waals surface area contributed by atoms with Crippen molar-refractivity contribution in [2.24, 2.45) is 0 Å². The lowest BCUT2D eigenvalue weighted by Crippen LogP contribution is -2.43. The van der Waals surface area contributed by atoms with Crippen molar-refractivity contribution in [2.45, 2.75) is 20.4 Å². The molecular weight excluding hydrogens is 216 g/mol. The molecule has 0 radical (unpaired) electrons. The Bertz CT molecular complexity index is 413. The van der Waals surface area contributed by atoms with E-state index in [9.17, 15) is 4.79 Å². The standard InChI is InChI=1S/C12H18N4O/c1-9(17)11-7-14-10(2)15-12(11)8-16-5-3-13-4-6-16/h7,13H,3-6,8H2,1-2H3. The number of aromatic nitrogens is 2. The van der Waals surface area contributed by atoms with Crippen LogP contribution in [0, 0.1) is 6.92 Å². The summed E-state index contributed by atoms with van der Waals surface area (Å²) >= 11 is 0. The maximum absolute atomic E-state index is 11.5. The van der Waals surface area contributed by atoms with E-state index in [4.69, 9.17) is 0 Å². The Hall–Kier alpha value is -1.33. The molecular formula is C12H18N4O. The van der Waals surface area contributed by atoms with E-state index in [1.807, 2.05) is 6.92 Å². The van der Waals surface area contributed by atoms with Crippen LogP contribution < -0.4 is 5.32 Å². The average Bonchev–Trinajstić information content (AvgIpc) is 2.30. The normalized spacial score (nSPS) is 17.1. The molecule has 1 aromatic rings. The van der Waals surface area contributed by atoms with Gasteiger partial charge in [0.2, 0.25) is 0 Å². The minimum Gasteiger partial charge on any atom is -0.314 e. The Morgan fingerprint density at radius 3 is 2.82 bits per heavy atom. The maximum atomic E-state index is 11.5. The fourth-order valence-corrected chi connectivity index (χ4v) is 2.01. The van der Waals surface area contributed by atoms with Crippen molar-refractivity contribution >= 4 is 5.78 Å². The van der Waals surface area contributed by atoms with Gasteiger partial charge in [0.05, 0.1) is 11.3 Å². The van der Waals surface area contributed by atoms with Gasteiger partial charge in [0.15, 0.2) is 5.78 Å². The van der Waals surface area contributed by atoms with Gasteiger partial charge in [0.25, 0.3) is 0 Å². The van der Waals surface area contributed by atoms with Crippen LogP contribution in [0.1, 0.15) is 28.8 Å².